The molecule has 1 heterocycles. The molecule has 0 saturated carbocycles. The first kappa shape index (κ1) is 20.7. The summed E-state index contributed by atoms with van der Waals surface area (Å²) in [4.78, 5) is 18.1. The van der Waals surface area contributed by atoms with E-state index in [1.165, 1.54) is 6.20 Å². The summed E-state index contributed by atoms with van der Waals surface area (Å²) >= 11 is 0. The van der Waals surface area contributed by atoms with Crippen molar-refractivity contribution in [1.29, 1.82) is 0 Å². The summed E-state index contributed by atoms with van der Waals surface area (Å²) in [6, 6.07) is -2.10. The highest BCUT2D eigenvalue weighted by Crippen LogP contribution is 2.36. The van der Waals surface area contributed by atoms with Crippen LogP contribution in [0.2, 0.25) is 0 Å². The van der Waals surface area contributed by atoms with E-state index in [2.05, 4.69) is 27.1 Å². The number of nitrogens with two attached hydrogens (primary N) is 2. The molecule has 1 rings (SSSR count). The van der Waals surface area contributed by atoms with Crippen molar-refractivity contribution in [2.75, 3.05) is 6.54 Å². The Morgan fingerprint density at radius 2 is 2.16 bits per heavy atom. The van der Waals surface area contributed by atoms with Crippen LogP contribution < -0.4 is 16.8 Å². The second kappa shape index (κ2) is 8.67. The van der Waals surface area contributed by atoms with Crippen LogP contribution in [0, 0.1) is 23.2 Å². The summed E-state index contributed by atoms with van der Waals surface area (Å²) in [5.74, 6) is 5.60. The van der Waals surface area contributed by atoms with E-state index in [-0.39, 0.29) is 12.2 Å². The molecule has 25 heavy (non-hydrogen) atoms. The minimum absolute atomic E-state index is 0.189. The van der Waals surface area contributed by atoms with Gasteiger partial charge in [0.25, 0.3) is 0 Å². The lowest BCUT2D eigenvalue weighted by Gasteiger charge is -2.38. The average Bonchev–Trinajstić information content (AvgIpc) is 2.55. The number of hydrogen-bond acceptors (Lipinski definition) is 5. The minimum atomic E-state index is -4.61. The summed E-state index contributed by atoms with van der Waals surface area (Å²) in [6.07, 6.45) is -2.21. The standard InChI is InChI=1S/C16H22F3N5O/c1-11(15(2)5-3-6-22-14(15)24-10-21)12(8-20)9-23-13(4-7-25)16(17,18)19/h7-11,13-14,22H,4,6,20H2,1-2H3,(H2,21,24)/t11?,13-,14?,15?/m1/s1. The zero-order chi connectivity index (χ0) is 19.1. The quantitative estimate of drug-likeness (QED) is 0.273. The first-order valence-corrected chi connectivity index (χ1v) is 7.62. The summed E-state index contributed by atoms with van der Waals surface area (Å²) in [5.41, 5.74) is 10.6. The molecular formula is C16H22F3N5O. The van der Waals surface area contributed by atoms with Crippen molar-refractivity contribution >= 4 is 18.8 Å². The third-order valence-electron chi connectivity index (χ3n) is 4.24. The van der Waals surface area contributed by atoms with Gasteiger partial charge >= 0.3 is 6.18 Å². The lowest BCUT2D eigenvalue weighted by Crippen LogP contribution is -2.49. The fourth-order valence-electron chi connectivity index (χ4n) is 2.49. The lowest BCUT2D eigenvalue weighted by molar-refractivity contribution is -0.150. The van der Waals surface area contributed by atoms with Crippen LogP contribution in [0.1, 0.15) is 20.3 Å². The van der Waals surface area contributed by atoms with E-state index in [4.69, 9.17) is 11.5 Å². The molecule has 0 fully saturated rings. The number of nitrogens with one attached hydrogen (secondary N) is 1. The van der Waals surface area contributed by atoms with Crippen LogP contribution in [0.5, 0.6) is 0 Å². The Morgan fingerprint density at radius 1 is 1.48 bits per heavy atom. The van der Waals surface area contributed by atoms with Crippen LogP contribution in [0.3, 0.4) is 0 Å². The van der Waals surface area contributed by atoms with E-state index in [0.717, 1.165) is 12.6 Å². The van der Waals surface area contributed by atoms with Crippen LogP contribution in [0.25, 0.3) is 0 Å². The first-order chi connectivity index (χ1) is 11.7. The van der Waals surface area contributed by atoms with Gasteiger partial charge in [-0.2, -0.15) is 13.2 Å². The third-order valence-corrected chi connectivity index (χ3v) is 4.24. The van der Waals surface area contributed by atoms with Crippen LogP contribution >= 0.6 is 0 Å². The summed E-state index contributed by atoms with van der Waals surface area (Å²) < 4.78 is 38.6. The minimum Gasteiger partial charge on any atom is -0.404 e. The smallest absolute Gasteiger partial charge is 0.404 e. The Balaban J connectivity index is 3.11. The molecule has 4 atom stereocenters. The van der Waals surface area contributed by atoms with Gasteiger partial charge in [0.15, 0.2) is 6.04 Å². The van der Waals surface area contributed by atoms with Crippen molar-refractivity contribution < 1.29 is 18.0 Å². The highest BCUT2D eigenvalue weighted by molar-refractivity contribution is 5.80. The van der Waals surface area contributed by atoms with Gasteiger partial charge in [-0.05, 0) is 18.7 Å². The molecule has 0 aromatic heterocycles. The Hall–Kier alpha value is -2.34. The number of alkyl halides is 3. The van der Waals surface area contributed by atoms with E-state index < -0.39 is 30.2 Å². The predicted octanol–water partition coefficient (Wildman–Crippen LogP) is 0.982. The van der Waals surface area contributed by atoms with Gasteiger partial charge in [0.05, 0.1) is 18.3 Å². The van der Waals surface area contributed by atoms with Gasteiger partial charge < -0.3 is 16.3 Å². The number of carbonyl (C=O) groups excluding carboxylic acids is 1. The molecule has 1 aliphatic heterocycles. The Morgan fingerprint density at radius 3 is 2.68 bits per heavy atom. The van der Waals surface area contributed by atoms with Crippen molar-refractivity contribution in [3.63, 3.8) is 0 Å². The zero-order valence-corrected chi connectivity index (χ0v) is 14.0. The predicted molar refractivity (Wildman–Crippen MR) is 90.8 cm³/mol. The normalized spacial score (nSPS) is 27.1. The first-order valence-electron chi connectivity index (χ1n) is 7.62. The van der Waals surface area contributed by atoms with Crippen LogP contribution in [-0.2, 0) is 4.79 Å². The van der Waals surface area contributed by atoms with E-state index in [0.29, 0.717) is 12.1 Å². The van der Waals surface area contributed by atoms with Crippen molar-refractivity contribution in [1.82, 2.24) is 5.32 Å². The second-order valence-corrected chi connectivity index (χ2v) is 5.79. The molecule has 0 aliphatic carbocycles. The molecule has 0 saturated heterocycles. The molecule has 1 aliphatic rings. The topological polar surface area (TPSA) is 106 Å². The number of allylic oxidation sites excluding steroid dienone is 1. The van der Waals surface area contributed by atoms with Gasteiger partial charge in [-0.3, -0.25) is 15.3 Å². The number of rotatable bonds is 7. The molecule has 9 heteroatoms. The summed E-state index contributed by atoms with van der Waals surface area (Å²) in [6.45, 7) is 4.02. The molecule has 138 valence electrons. The molecule has 0 amide bonds. The summed E-state index contributed by atoms with van der Waals surface area (Å²) in [5, 5.41) is 3.09. The maximum Gasteiger partial charge on any atom is 0.411 e. The maximum atomic E-state index is 12.9. The van der Waals surface area contributed by atoms with Gasteiger partial charge in [-0.15, -0.1) is 0 Å². The molecule has 0 bridgehead atoms. The molecule has 5 N–H and O–H groups in total. The zero-order valence-electron chi connectivity index (χ0n) is 14.0. The lowest BCUT2D eigenvalue weighted by atomic mass is 9.71. The summed E-state index contributed by atoms with van der Waals surface area (Å²) in [7, 11) is 0. The number of nitrogens with zero attached hydrogens (tertiary/aromatic N) is 2. The Kier molecular flexibility index (Phi) is 7.18. The number of halogens is 3. The molecular weight excluding hydrogens is 335 g/mol. The Bertz CT molecular complexity index is 617. The SMILES string of the molecule is CC(C(C=N[C@H](CC=O)C(F)(F)F)=CN)C1(C)C#CCNC1N=CN. The van der Waals surface area contributed by atoms with E-state index in [9.17, 15) is 18.0 Å². The van der Waals surface area contributed by atoms with Gasteiger partial charge in [-0.25, -0.2) is 0 Å². The fraction of sp³-hybridized carbons (Fsp3) is 0.562. The number of aldehydes is 1. The van der Waals surface area contributed by atoms with Crippen molar-refractivity contribution in [3.8, 4) is 11.8 Å². The highest BCUT2D eigenvalue weighted by Gasteiger charge is 2.41. The molecule has 0 aromatic carbocycles. The molecule has 0 aromatic rings. The van der Waals surface area contributed by atoms with Gasteiger partial charge in [0.1, 0.15) is 12.5 Å². The van der Waals surface area contributed by atoms with Gasteiger partial charge in [-0.1, -0.05) is 18.8 Å². The van der Waals surface area contributed by atoms with Crippen LogP contribution in [0.4, 0.5) is 13.2 Å². The van der Waals surface area contributed by atoms with E-state index >= 15 is 0 Å². The Labute approximate surface area is 144 Å². The van der Waals surface area contributed by atoms with Crippen molar-refractivity contribution in [2.24, 2.45) is 32.8 Å². The number of hydrogen-bond donors (Lipinski definition) is 3. The van der Waals surface area contributed by atoms with Gasteiger partial charge in [0.2, 0.25) is 0 Å². The van der Waals surface area contributed by atoms with E-state index in [1.54, 1.807) is 6.92 Å². The van der Waals surface area contributed by atoms with Crippen LogP contribution in [-0.4, -0.2) is 43.8 Å². The maximum absolute atomic E-state index is 12.9. The molecule has 0 radical (unpaired) electrons. The van der Waals surface area contributed by atoms with Crippen molar-refractivity contribution in [2.45, 2.75) is 38.7 Å². The highest BCUT2D eigenvalue weighted by atomic mass is 19.4. The molecule has 6 nitrogen and oxygen atoms in total. The third kappa shape index (κ3) is 5.06. The number of aliphatic imine (C=N–C) groups is 2. The van der Waals surface area contributed by atoms with E-state index in [1.807, 2.05) is 6.92 Å². The van der Waals surface area contributed by atoms with Crippen LogP contribution in [0.15, 0.2) is 21.8 Å². The fourth-order valence-corrected chi connectivity index (χ4v) is 2.49. The molecule has 0 spiro atoms. The number of carbonyl (C=O) groups is 1. The average molecular weight is 357 g/mol. The monoisotopic (exact) mass is 357 g/mol. The molecule has 3 unspecified atom stereocenters. The largest absolute Gasteiger partial charge is 0.411 e. The van der Waals surface area contributed by atoms with Crippen molar-refractivity contribution in [3.05, 3.63) is 11.8 Å². The second-order valence-electron chi connectivity index (χ2n) is 5.79. The van der Waals surface area contributed by atoms with Gasteiger partial charge in [0, 0.05) is 18.6 Å².